The molecule has 3 atom stereocenters. The zero-order valence-corrected chi connectivity index (χ0v) is 5.36. The minimum absolute atomic E-state index is 0.00694. The number of carbonyl (C=O) groups excluding carboxylic acids is 1. The van der Waals surface area contributed by atoms with Crippen LogP contribution in [-0.4, -0.2) is 23.3 Å². The van der Waals surface area contributed by atoms with Crippen LogP contribution < -0.4 is 0 Å². The summed E-state index contributed by atoms with van der Waals surface area (Å²) in [5.41, 5.74) is 0. The number of ether oxygens (including phenoxy) is 1. The molecule has 2 rings (SSSR count). The second-order valence-electron chi connectivity index (χ2n) is 2.70. The molecule has 1 heterocycles. The van der Waals surface area contributed by atoms with E-state index >= 15 is 0 Å². The smallest absolute Gasteiger partial charge is 0.306 e. The van der Waals surface area contributed by atoms with Crippen LogP contribution in [0.4, 0.5) is 0 Å². The van der Waals surface area contributed by atoms with Crippen LogP contribution in [0.3, 0.4) is 0 Å². The molecule has 2 aliphatic rings. The average Bonchev–Trinajstić information content (AvgIpc) is 2.35. The topological polar surface area (TPSA) is 46.5 Å². The van der Waals surface area contributed by atoms with Gasteiger partial charge in [0.15, 0.2) is 0 Å². The van der Waals surface area contributed by atoms with Crippen LogP contribution in [0.25, 0.3) is 0 Å². The first-order valence-electron chi connectivity index (χ1n) is 3.33. The van der Waals surface area contributed by atoms with E-state index in [2.05, 4.69) is 0 Å². The number of esters is 1. The molecule has 0 aromatic heterocycles. The molecule has 10 heavy (non-hydrogen) atoms. The SMILES string of the molecule is O=C1C[C@H]2[C@@H](O)C=C[C@H]2O1. The highest BCUT2D eigenvalue weighted by atomic mass is 16.6. The number of aliphatic hydroxyl groups excluding tert-OH is 1. The van der Waals surface area contributed by atoms with Crippen molar-refractivity contribution < 1.29 is 14.6 Å². The van der Waals surface area contributed by atoms with Crippen LogP contribution in [0.2, 0.25) is 0 Å². The Morgan fingerprint density at radius 3 is 3.10 bits per heavy atom. The van der Waals surface area contributed by atoms with E-state index in [1.807, 2.05) is 0 Å². The van der Waals surface area contributed by atoms with Gasteiger partial charge in [-0.05, 0) is 6.08 Å². The minimum Gasteiger partial charge on any atom is -0.458 e. The molecule has 3 heteroatoms. The van der Waals surface area contributed by atoms with Gasteiger partial charge in [0.2, 0.25) is 0 Å². The van der Waals surface area contributed by atoms with Gasteiger partial charge in [-0.2, -0.15) is 0 Å². The molecule has 0 amide bonds. The Balaban J connectivity index is 2.19. The maximum Gasteiger partial charge on any atom is 0.306 e. The fourth-order valence-corrected chi connectivity index (χ4v) is 1.46. The zero-order valence-electron chi connectivity index (χ0n) is 5.36. The average molecular weight is 140 g/mol. The highest BCUT2D eigenvalue weighted by Gasteiger charge is 2.40. The molecule has 0 saturated carbocycles. The van der Waals surface area contributed by atoms with Crippen molar-refractivity contribution in [2.45, 2.75) is 18.6 Å². The van der Waals surface area contributed by atoms with Gasteiger partial charge in [-0.25, -0.2) is 0 Å². The second kappa shape index (κ2) is 1.83. The highest BCUT2D eigenvalue weighted by Crippen LogP contribution is 2.31. The lowest BCUT2D eigenvalue weighted by Crippen LogP contribution is -2.18. The van der Waals surface area contributed by atoms with Gasteiger partial charge in [0.05, 0.1) is 12.5 Å². The summed E-state index contributed by atoms with van der Waals surface area (Å²) in [6.07, 6.45) is 3.17. The molecular formula is C7H8O3. The summed E-state index contributed by atoms with van der Waals surface area (Å²) in [6.45, 7) is 0. The van der Waals surface area contributed by atoms with Crippen molar-refractivity contribution in [2.24, 2.45) is 5.92 Å². The van der Waals surface area contributed by atoms with Gasteiger partial charge in [-0.1, -0.05) is 6.08 Å². The number of hydrogen-bond acceptors (Lipinski definition) is 3. The predicted octanol–water partition coefficient (Wildman–Crippen LogP) is -0.151. The largest absolute Gasteiger partial charge is 0.458 e. The van der Waals surface area contributed by atoms with E-state index in [1.54, 1.807) is 12.2 Å². The molecule has 3 nitrogen and oxygen atoms in total. The molecule has 1 N–H and O–H groups in total. The monoisotopic (exact) mass is 140 g/mol. The normalized spacial score (nSPS) is 43.7. The fourth-order valence-electron chi connectivity index (χ4n) is 1.46. The standard InChI is InChI=1S/C7H8O3/c8-5-1-2-6-4(5)3-7(9)10-6/h1-2,4-6,8H,3H2/t4-,5-,6+/m0/s1. The third-order valence-electron chi connectivity index (χ3n) is 2.03. The maximum atomic E-state index is 10.6. The first-order valence-corrected chi connectivity index (χ1v) is 3.33. The number of hydrogen-bond donors (Lipinski definition) is 1. The summed E-state index contributed by atoms with van der Waals surface area (Å²) in [7, 11) is 0. The lowest BCUT2D eigenvalue weighted by atomic mass is 10.0. The number of fused-ring (bicyclic) bond motifs is 1. The number of carbonyl (C=O) groups is 1. The minimum atomic E-state index is -0.476. The summed E-state index contributed by atoms with van der Waals surface area (Å²) >= 11 is 0. The molecule has 1 aliphatic heterocycles. The maximum absolute atomic E-state index is 10.6. The Morgan fingerprint density at radius 2 is 2.40 bits per heavy atom. The van der Waals surface area contributed by atoms with Crippen LogP contribution in [-0.2, 0) is 9.53 Å². The van der Waals surface area contributed by atoms with Gasteiger partial charge in [-0.15, -0.1) is 0 Å². The van der Waals surface area contributed by atoms with Gasteiger partial charge in [0.25, 0.3) is 0 Å². The molecular weight excluding hydrogens is 132 g/mol. The van der Waals surface area contributed by atoms with Crippen LogP contribution in [0.15, 0.2) is 12.2 Å². The Kier molecular flexibility index (Phi) is 1.08. The molecule has 1 fully saturated rings. The molecule has 0 unspecified atom stereocenters. The van der Waals surface area contributed by atoms with E-state index in [0.717, 1.165) is 0 Å². The van der Waals surface area contributed by atoms with E-state index in [-0.39, 0.29) is 18.0 Å². The number of aliphatic hydroxyl groups is 1. The van der Waals surface area contributed by atoms with Crippen molar-refractivity contribution in [3.8, 4) is 0 Å². The van der Waals surface area contributed by atoms with Crippen molar-refractivity contribution in [3.05, 3.63) is 12.2 Å². The van der Waals surface area contributed by atoms with E-state index in [4.69, 9.17) is 4.74 Å². The van der Waals surface area contributed by atoms with Crippen molar-refractivity contribution >= 4 is 5.97 Å². The Hall–Kier alpha value is -0.830. The molecule has 0 radical (unpaired) electrons. The fraction of sp³-hybridized carbons (Fsp3) is 0.571. The van der Waals surface area contributed by atoms with Crippen molar-refractivity contribution in [1.82, 2.24) is 0 Å². The van der Waals surface area contributed by atoms with Crippen molar-refractivity contribution in [3.63, 3.8) is 0 Å². The van der Waals surface area contributed by atoms with Gasteiger partial charge in [-0.3, -0.25) is 4.79 Å². The lowest BCUT2D eigenvalue weighted by molar-refractivity contribution is -0.140. The second-order valence-corrected chi connectivity index (χ2v) is 2.70. The molecule has 0 aromatic rings. The van der Waals surface area contributed by atoms with Gasteiger partial charge < -0.3 is 9.84 Å². The molecule has 54 valence electrons. The molecule has 0 bridgehead atoms. The van der Waals surface area contributed by atoms with Crippen LogP contribution in [0.5, 0.6) is 0 Å². The quantitative estimate of drug-likeness (QED) is 0.376. The first-order chi connectivity index (χ1) is 4.77. The number of rotatable bonds is 0. The van der Waals surface area contributed by atoms with Gasteiger partial charge >= 0.3 is 5.97 Å². The summed E-state index contributed by atoms with van der Waals surface area (Å²) in [6, 6.07) is 0. The Bertz CT molecular complexity index is 197. The third kappa shape index (κ3) is 0.671. The Labute approximate surface area is 58.3 Å². The molecule has 1 saturated heterocycles. The van der Waals surface area contributed by atoms with E-state index in [0.29, 0.717) is 6.42 Å². The summed E-state index contributed by atoms with van der Waals surface area (Å²) in [4.78, 5) is 10.6. The highest BCUT2D eigenvalue weighted by molar-refractivity contribution is 5.73. The first kappa shape index (κ1) is 5.92. The summed E-state index contributed by atoms with van der Waals surface area (Å²) < 4.78 is 4.87. The molecule has 0 aromatic carbocycles. The summed E-state index contributed by atoms with van der Waals surface area (Å²) in [5, 5.41) is 9.20. The van der Waals surface area contributed by atoms with E-state index in [1.165, 1.54) is 0 Å². The lowest BCUT2D eigenvalue weighted by Gasteiger charge is -2.08. The van der Waals surface area contributed by atoms with Crippen molar-refractivity contribution in [2.75, 3.05) is 0 Å². The third-order valence-corrected chi connectivity index (χ3v) is 2.03. The Morgan fingerprint density at radius 1 is 1.60 bits per heavy atom. The van der Waals surface area contributed by atoms with Crippen LogP contribution >= 0.6 is 0 Å². The summed E-state index contributed by atoms with van der Waals surface area (Å²) in [5.74, 6) is -0.203. The van der Waals surface area contributed by atoms with Gasteiger partial charge in [0.1, 0.15) is 6.10 Å². The zero-order chi connectivity index (χ0) is 7.14. The van der Waals surface area contributed by atoms with Crippen LogP contribution in [0, 0.1) is 5.92 Å². The van der Waals surface area contributed by atoms with E-state index < -0.39 is 6.10 Å². The van der Waals surface area contributed by atoms with E-state index in [9.17, 15) is 9.90 Å². The molecule has 1 aliphatic carbocycles. The van der Waals surface area contributed by atoms with Gasteiger partial charge in [0, 0.05) is 5.92 Å². The molecule has 0 spiro atoms. The van der Waals surface area contributed by atoms with Crippen LogP contribution in [0.1, 0.15) is 6.42 Å². The predicted molar refractivity (Wildman–Crippen MR) is 33.1 cm³/mol. The van der Waals surface area contributed by atoms with Crippen molar-refractivity contribution in [1.29, 1.82) is 0 Å².